The molecule has 1 N–H and O–H groups in total. The molecule has 2 rings (SSSR count). The third-order valence-corrected chi connectivity index (χ3v) is 4.32. The molecule has 136 valence electrons. The number of nitrogens with zero attached hydrogens (tertiary/aromatic N) is 1. The largest absolute Gasteiger partial charge is 0.497 e. The Hall–Kier alpha value is -2.73. The van der Waals surface area contributed by atoms with Crippen LogP contribution in [0, 0.1) is 0 Å². The van der Waals surface area contributed by atoms with Crippen LogP contribution in [0.2, 0.25) is 0 Å². The molecular weight excluding hydrogens is 348 g/mol. The van der Waals surface area contributed by atoms with Gasteiger partial charge in [0.2, 0.25) is 5.91 Å². The number of carbonyl (C=O) groups is 1. The Morgan fingerprint density at radius 2 is 1.85 bits per heavy atom. The van der Waals surface area contributed by atoms with Crippen molar-refractivity contribution in [2.75, 3.05) is 19.5 Å². The van der Waals surface area contributed by atoms with Crippen molar-refractivity contribution in [2.45, 2.75) is 5.75 Å². The normalized spacial score (nSPS) is 10.5. The van der Waals surface area contributed by atoms with E-state index in [9.17, 15) is 4.79 Å². The maximum Gasteiger partial charge on any atom is 0.250 e. The van der Waals surface area contributed by atoms with Gasteiger partial charge in [-0.2, -0.15) is 5.10 Å². The van der Waals surface area contributed by atoms with E-state index >= 15 is 0 Å². The molecule has 0 atom stereocenters. The number of nitrogens with one attached hydrogen (secondary N) is 1. The molecule has 0 aliphatic heterocycles. The monoisotopic (exact) mass is 370 g/mol. The Labute approximate surface area is 158 Å². The van der Waals surface area contributed by atoms with Crippen LogP contribution in [0.1, 0.15) is 11.1 Å². The van der Waals surface area contributed by atoms with E-state index in [1.165, 1.54) is 11.8 Å². The topological polar surface area (TPSA) is 59.9 Å². The highest BCUT2D eigenvalue weighted by Gasteiger charge is 2.01. The summed E-state index contributed by atoms with van der Waals surface area (Å²) in [5, 5.41) is 3.97. The highest BCUT2D eigenvalue weighted by Crippen LogP contribution is 2.16. The van der Waals surface area contributed by atoms with Crippen LogP contribution in [0.25, 0.3) is 0 Å². The summed E-state index contributed by atoms with van der Waals surface area (Å²) < 4.78 is 10.5. The van der Waals surface area contributed by atoms with Crippen molar-refractivity contribution < 1.29 is 14.3 Å². The van der Waals surface area contributed by atoms with Crippen LogP contribution >= 0.6 is 11.8 Å². The molecule has 0 aromatic heterocycles. The van der Waals surface area contributed by atoms with E-state index in [2.05, 4.69) is 17.1 Å². The van der Waals surface area contributed by atoms with E-state index in [-0.39, 0.29) is 5.91 Å². The molecule has 1 amide bonds. The number of carbonyl (C=O) groups excluding carboxylic acids is 1. The Balaban J connectivity index is 1.68. The first kappa shape index (κ1) is 19.6. The Morgan fingerprint density at radius 1 is 1.15 bits per heavy atom. The van der Waals surface area contributed by atoms with Crippen LogP contribution in [0.5, 0.6) is 11.5 Å². The SMILES string of the molecule is C=CCOc1ccc(/C=N/NC(=O)CSCc2ccc(OC)cc2)cc1. The minimum Gasteiger partial charge on any atom is -0.497 e. The van der Waals surface area contributed by atoms with Gasteiger partial charge < -0.3 is 9.47 Å². The quantitative estimate of drug-likeness (QED) is 0.394. The van der Waals surface area contributed by atoms with Crippen LogP contribution in [0.3, 0.4) is 0 Å². The lowest BCUT2D eigenvalue weighted by atomic mass is 10.2. The maximum atomic E-state index is 11.8. The van der Waals surface area contributed by atoms with Crippen molar-refractivity contribution in [3.05, 3.63) is 72.3 Å². The summed E-state index contributed by atoms with van der Waals surface area (Å²) in [6.45, 7) is 4.07. The molecule has 6 heteroatoms. The zero-order chi connectivity index (χ0) is 18.6. The number of methoxy groups -OCH3 is 1. The van der Waals surface area contributed by atoms with Crippen LogP contribution in [0.4, 0.5) is 0 Å². The fourth-order valence-corrected chi connectivity index (χ4v) is 2.78. The summed E-state index contributed by atoms with van der Waals surface area (Å²) in [4.78, 5) is 11.8. The second-order valence-corrected chi connectivity index (χ2v) is 6.29. The third kappa shape index (κ3) is 7.03. The van der Waals surface area contributed by atoms with Crippen LogP contribution in [-0.4, -0.2) is 31.6 Å². The van der Waals surface area contributed by atoms with Gasteiger partial charge in [0.15, 0.2) is 0 Å². The van der Waals surface area contributed by atoms with Gasteiger partial charge in [0, 0.05) is 5.75 Å². The van der Waals surface area contributed by atoms with Crippen molar-refractivity contribution in [3.8, 4) is 11.5 Å². The van der Waals surface area contributed by atoms with Crippen molar-refractivity contribution in [2.24, 2.45) is 5.10 Å². The van der Waals surface area contributed by atoms with Gasteiger partial charge in [-0.25, -0.2) is 5.43 Å². The fraction of sp³-hybridized carbons (Fsp3) is 0.200. The first-order chi connectivity index (χ1) is 12.7. The van der Waals surface area contributed by atoms with Gasteiger partial charge in [-0.1, -0.05) is 24.8 Å². The Bertz CT molecular complexity index is 728. The number of thioether (sulfide) groups is 1. The zero-order valence-electron chi connectivity index (χ0n) is 14.7. The van der Waals surface area contributed by atoms with Crippen molar-refractivity contribution in [3.63, 3.8) is 0 Å². The van der Waals surface area contributed by atoms with Crippen molar-refractivity contribution >= 4 is 23.9 Å². The first-order valence-electron chi connectivity index (χ1n) is 8.07. The van der Waals surface area contributed by atoms with E-state index < -0.39 is 0 Å². The standard InChI is InChI=1S/C20H22N2O3S/c1-3-12-25-19-10-4-16(5-11-19)13-21-22-20(23)15-26-14-17-6-8-18(24-2)9-7-17/h3-11,13H,1,12,14-15H2,2H3,(H,22,23)/b21-13+. The van der Waals surface area contributed by atoms with Gasteiger partial charge in [0.05, 0.1) is 19.1 Å². The number of hydrogen-bond acceptors (Lipinski definition) is 5. The molecule has 2 aromatic rings. The van der Waals surface area contributed by atoms with E-state index in [1.807, 2.05) is 48.5 Å². The highest BCUT2D eigenvalue weighted by atomic mass is 32.2. The smallest absolute Gasteiger partial charge is 0.250 e. The molecular formula is C20H22N2O3S. The predicted molar refractivity (Wildman–Crippen MR) is 107 cm³/mol. The number of hydrazone groups is 1. The summed E-state index contributed by atoms with van der Waals surface area (Å²) >= 11 is 1.53. The van der Waals surface area contributed by atoms with Crippen LogP contribution in [-0.2, 0) is 10.5 Å². The minimum absolute atomic E-state index is 0.134. The highest BCUT2D eigenvalue weighted by molar-refractivity contribution is 7.99. The summed E-state index contributed by atoms with van der Waals surface area (Å²) in [5.74, 6) is 2.56. The molecule has 0 aliphatic rings. The third-order valence-electron chi connectivity index (χ3n) is 3.31. The average Bonchev–Trinajstić information content (AvgIpc) is 2.68. The number of amides is 1. The average molecular weight is 370 g/mol. The molecule has 0 saturated heterocycles. The second kappa shape index (κ2) is 11.0. The molecule has 0 saturated carbocycles. The maximum absolute atomic E-state index is 11.8. The molecule has 26 heavy (non-hydrogen) atoms. The van der Waals surface area contributed by atoms with E-state index in [0.717, 1.165) is 28.4 Å². The molecule has 0 aliphatic carbocycles. The summed E-state index contributed by atoms with van der Waals surface area (Å²) in [5.41, 5.74) is 4.55. The second-order valence-electron chi connectivity index (χ2n) is 5.30. The van der Waals surface area contributed by atoms with Crippen molar-refractivity contribution in [1.29, 1.82) is 0 Å². The van der Waals surface area contributed by atoms with Crippen LogP contribution in [0.15, 0.2) is 66.3 Å². The summed E-state index contributed by atoms with van der Waals surface area (Å²) in [6, 6.07) is 15.2. The van der Waals surface area contributed by atoms with Gasteiger partial charge in [-0.15, -0.1) is 11.8 Å². The van der Waals surface area contributed by atoms with Gasteiger partial charge in [0.1, 0.15) is 18.1 Å². The lowest BCUT2D eigenvalue weighted by Crippen LogP contribution is -2.19. The fourth-order valence-electron chi connectivity index (χ4n) is 2.00. The summed E-state index contributed by atoms with van der Waals surface area (Å²) in [7, 11) is 1.64. The molecule has 0 fully saturated rings. The Kier molecular flexibility index (Phi) is 8.29. The van der Waals surface area contributed by atoms with E-state index in [4.69, 9.17) is 9.47 Å². The number of benzene rings is 2. The molecule has 0 radical (unpaired) electrons. The van der Waals surface area contributed by atoms with E-state index in [0.29, 0.717) is 12.4 Å². The van der Waals surface area contributed by atoms with Crippen molar-refractivity contribution in [1.82, 2.24) is 5.43 Å². The molecule has 0 unspecified atom stereocenters. The molecule has 0 bridgehead atoms. The van der Waals surface area contributed by atoms with Gasteiger partial charge in [0.25, 0.3) is 0 Å². The van der Waals surface area contributed by atoms with Crippen LogP contribution < -0.4 is 14.9 Å². The van der Waals surface area contributed by atoms with Gasteiger partial charge >= 0.3 is 0 Å². The molecule has 0 spiro atoms. The number of rotatable bonds is 10. The molecule has 0 heterocycles. The number of ether oxygens (including phenoxy) is 2. The summed E-state index contributed by atoms with van der Waals surface area (Å²) in [6.07, 6.45) is 3.29. The van der Waals surface area contributed by atoms with Gasteiger partial charge in [-0.3, -0.25) is 4.79 Å². The minimum atomic E-state index is -0.134. The molecule has 2 aromatic carbocycles. The van der Waals surface area contributed by atoms with Gasteiger partial charge in [-0.05, 0) is 47.5 Å². The van der Waals surface area contributed by atoms with E-state index in [1.54, 1.807) is 19.4 Å². The zero-order valence-corrected chi connectivity index (χ0v) is 15.5. The lowest BCUT2D eigenvalue weighted by molar-refractivity contribution is -0.118. The predicted octanol–water partition coefficient (Wildman–Crippen LogP) is 3.64. The molecule has 5 nitrogen and oxygen atoms in total. The first-order valence-corrected chi connectivity index (χ1v) is 9.23. The lowest BCUT2D eigenvalue weighted by Gasteiger charge is -2.04. The number of hydrogen-bond donors (Lipinski definition) is 1. The Morgan fingerprint density at radius 3 is 2.50 bits per heavy atom.